The van der Waals surface area contributed by atoms with Gasteiger partial charge < -0.3 is 19.7 Å². The molecular formula is C13H22N2O4. The van der Waals surface area contributed by atoms with Gasteiger partial charge in [0.1, 0.15) is 0 Å². The minimum atomic E-state index is -0.545. The quantitative estimate of drug-likeness (QED) is 0.713. The lowest BCUT2D eigenvalue weighted by molar-refractivity contribution is -0.153. The normalized spacial score (nSPS) is 31.3. The molecule has 0 aliphatic carbocycles. The van der Waals surface area contributed by atoms with E-state index in [2.05, 4.69) is 5.32 Å². The molecule has 6 heteroatoms. The first-order chi connectivity index (χ1) is 9.06. The molecule has 2 aliphatic heterocycles. The topological polar surface area (TPSA) is 67.9 Å². The monoisotopic (exact) mass is 270 g/mol. The minimum absolute atomic E-state index is 0.0290. The van der Waals surface area contributed by atoms with E-state index in [-0.39, 0.29) is 18.3 Å². The third-order valence-corrected chi connectivity index (χ3v) is 3.42. The van der Waals surface area contributed by atoms with Gasteiger partial charge in [-0.1, -0.05) is 0 Å². The van der Waals surface area contributed by atoms with Crippen LogP contribution in [-0.2, 0) is 19.1 Å². The molecule has 0 aromatic heterocycles. The third-order valence-electron chi connectivity index (χ3n) is 3.42. The summed E-state index contributed by atoms with van der Waals surface area (Å²) in [6.45, 7) is 5.90. The van der Waals surface area contributed by atoms with E-state index in [9.17, 15) is 9.59 Å². The van der Waals surface area contributed by atoms with Gasteiger partial charge in [-0.2, -0.15) is 0 Å². The Morgan fingerprint density at radius 2 is 1.95 bits per heavy atom. The predicted octanol–water partition coefficient (Wildman–Crippen LogP) is -0.0826. The highest BCUT2D eigenvalue weighted by Crippen LogP contribution is 2.12. The van der Waals surface area contributed by atoms with Crippen LogP contribution in [0, 0.1) is 0 Å². The molecule has 0 radical (unpaired) electrons. The van der Waals surface area contributed by atoms with Crippen LogP contribution in [0.2, 0.25) is 0 Å². The van der Waals surface area contributed by atoms with Crippen molar-refractivity contribution in [3.8, 4) is 0 Å². The summed E-state index contributed by atoms with van der Waals surface area (Å²) in [5.74, 6) is -1.02. The maximum absolute atomic E-state index is 12.0. The number of ether oxygens (including phenoxy) is 2. The largest absolute Gasteiger partial charge is 0.376 e. The number of morpholine rings is 1. The lowest BCUT2D eigenvalue weighted by atomic mass is 10.2. The average molecular weight is 270 g/mol. The first kappa shape index (κ1) is 14.3. The van der Waals surface area contributed by atoms with Crippen LogP contribution in [0.1, 0.15) is 26.7 Å². The molecule has 0 aromatic carbocycles. The summed E-state index contributed by atoms with van der Waals surface area (Å²) in [6.07, 6.45) is 1.96. The number of carbonyl (C=O) groups excluding carboxylic acids is 2. The van der Waals surface area contributed by atoms with Crippen LogP contribution in [0.3, 0.4) is 0 Å². The molecule has 108 valence electrons. The molecule has 2 rings (SSSR count). The zero-order valence-corrected chi connectivity index (χ0v) is 11.6. The molecule has 6 nitrogen and oxygen atoms in total. The van der Waals surface area contributed by atoms with Gasteiger partial charge in [-0.25, -0.2) is 0 Å². The minimum Gasteiger partial charge on any atom is -0.376 e. The van der Waals surface area contributed by atoms with E-state index >= 15 is 0 Å². The highest BCUT2D eigenvalue weighted by Gasteiger charge is 2.30. The summed E-state index contributed by atoms with van der Waals surface area (Å²) < 4.78 is 10.9. The molecule has 0 aromatic rings. The van der Waals surface area contributed by atoms with Gasteiger partial charge in [-0.15, -0.1) is 0 Å². The van der Waals surface area contributed by atoms with Crippen molar-refractivity contribution in [2.24, 2.45) is 0 Å². The van der Waals surface area contributed by atoms with E-state index < -0.39 is 11.8 Å². The van der Waals surface area contributed by atoms with E-state index in [0.717, 1.165) is 19.4 Å². The van der Waals surface area contributed by atoms with E-state index in [1.54, 1.807) is 4.90 Å². The fourth-order valence-corrected chi connectivity index (χ4v) is 2.57. The molecule has 1 N–H and O–H groups in total. The second-order valence-corrected chi connectivity index (χ2v) is 5.31. The molecule has 2 fully saturated rings. The van der Waals surface area contributed by atoms with Crippen LogP contribution in [-0.4, -0.2) is 61.3 Å². The van der Waals surface area contributed by atoms with Crippen molar-refractivity contribution < 1.29 is 19.1 Å². The summed E-state index contributed by atoms with van der Waals surface area (Å²) in [5, 5.41) is 2.66. The Bertz CT molecular complexity index is 332. The zero-order valence-electron chi connectivity index (χ0n) is 11.6. The number of nitrogens with one attached hydrogen (secondary N) is 1. The maximum Gasteiger partial charge on any atom is 0.312 e. The van der Waals surface area contributed by atoms with Crippen LogP contribution >= 0.6 is 0 Å². The maximum atomic E-state index is 12.0. The lowest BCUT2D eigenvalue weighted by Crippen LogP contribution is -2.53. The molecular weight excluding hydrogens is 248 g/mol. The Morgan fingerprint density at radius 1 is 1.26 bits per heavy atom. The number of amides is 2. The van der Waals surface area contributed by atoms with Crippen molar-refractivity contribution in [3.63, 3.8) is 0 Å². The predicted molar refractivity (Wildman–Crippen MR) is 68.6 cm³/mol. The van der Waals surface area contributed by atoms with Gasteiger partial charge in [0.2, 0.25) is 0 Å². The second-order valence-electron chi connectivity index (χ2n) is 5.31. The fourth-order valence-electron chi connectivity index (χ4n) is 2.57. The third kappa shape index (κ3) is 3.91. The van der Waals surface area contributed by atoms with Gasteiger partial charge in [0.05, 0.1) is 18.3 Å². The Balaban J connectivity index is 1.79. The first-order valence-corrected chi connectivity index (χ1v) is 6.90. The molecule has 3 unspecified atom stereocenters. The van der Waals surface area contributed by atoms with Gasteiger partial charge in [-0.3, -0.25) is 9.59 Å². The summed E-state index contributed by atoms with van der Waals surface area (Å²) in [5.41, 5.74) is 0. The Labute approximate surface area is 113 Å². The Morgan fingerprint density at radius 3 is 2.53 bits per heavy atom. The first-order valence-electron chi connectivity index (χ1n) is 6.90. The van der Waals surface area contributed by atoms with Crippen molar-refractivity contribution in [3.05, 3.63) is 0 Å². The molecule has 2 amide bonds. The lowest BCUT2D eigenvalue weighted by Gasteiger charge is -2.34. The van der Waals surface area contributed by atoms with Crippen molar-refractivity contribution in [1.82, 2.24) is 10.2 Å². The van der Waals surface area contributed by atoms with E-state index in [1.165, 1.54) is 0 Å². The summed E-state index contributed by atoms with van der Waals surface area (Å²) in [7, 11) is 0. The second kappa shape index (κ2) is 6.34. The molecule has 0 bridgehead atoms. The molecule has 2 saturated heterocycles. The van der Waals surface area contributed by atoms with Gasteiger partial charge >= 0.3 is 11.8 Å². The van der Waals surface area contributed by atoms with Gasteiger partial charge in [-0.05, 0) is 26.7 Å². The average Bonchev–Trinajstić information content (AvgIpc) is 2.87. The molecule has 0 spiro atoms. The number of hydrogen-bond donors (Lipinski definition) is 1. The smallest absolute Gasteiger partial charge is 0.312 e. The van der Waals surface area contributed by atoms with E-state index in [1.807, 2.05) is 13.8 Å². The molecule has 3 atom stereocenters. The summed E-state index contributed by atoms with van der Waals surface area (Å²) in [6, 6.07) is 0. The summed E-state index contributed by atoms with van der Waals surface area (Å²) >= 11 is 0. The molecule has 0 saturated carbocycles. The highest BCUT2D eigenvalue weighted by atomic mass is 16.5. The van der Waals surface area contributed by atoms with Crippen LogP contribution < -0.4 is 5.32 Å². The van der Waals surface area contributed by atoms with Crippen LogP contribution in [0.5, 0.6) is 0 Å². The Hall–Kier alpha value is -1.14. The number of rotatable bonds is 2. The van der Waals surface area contributed by atoms with Gasteiger partial charge in [0.25, 0.3) is 0 Å². The molecule has 19 heavy (non-hydrogen) atoms. The van der Waals surface area contributed by atoms with Crippen molar-refractivity contribution in [1.29, 1.82) is 0 Å². The number of carbonyl (C=O) groups is 2. The standard InChI is InChI=1S/C13H22N2O4/c1-9-7-15(8-10(2)19-9)13(17)12(16)14-6-11-4-3-5-18-11/h9-11H,3-8H2,1-2H3,(H,14,16). The van der Waals surface area contributed by atoms with Gasteiger partial charge in [0, 0.05) is 26.2 Å². The summed E-state index contributed by atoms with van der Waals surface area (Å²) in [4.78, 5) is 25.4. The number of hydrogen-bond acceptors (Lipinski definition) is 4. The Kier molecular flexibility index (Phi) is 4.76. The zero-order chi connectivity index (χ0) is 13.8. The van der Waals surface area contributed by atoms with Crippen LogP contribution in [0.4, 0.5) is 0 Å². The van der Waals surface area contributed by atoms with E-state index in [0.29, 0.717) is 19.6 Å². The van der Waals surface area contributed by atoms with Crippen LogP contribution in [0.15, 0.2) is 0 Å². The van der Waals surface area contributed by atoms with Crippen molar-refractivity contribution in [2.75, 3.05) is 26.2 Å². The molecule has 2 heterocycles. The highest BCUT2D eigenvalue weighted by molar-refractivity contribution is 6.35. The van der Waals surface area contributed by atoms with Crippen LogP contribution in [0.25, 0.3) is 0 Å². The fraction of sp³-hybridized carbons (Fsp3) is 0.846. The van der Waals surface area contributed by atoms with Crippen molar-refractivity contribution in [2.45, 2.75) is 45.0 Å². The van der Waals surface area contributed by atoms with Crippen molar-refractivity contribution >= 4 is 11.8 Å². The number of nitrogens with zero attached hydrogens (tertiary/aromatic N) is 1. The van der Waals surface area contributed by atoms with E-state index in [4.69, 9.17) is 9.47 Å². The van der Waals surface area contributed by atoms with Gasteiger partial charge in [0.15, 0.2) is 0 Å². The molecule has 2 aliphatic rings. The SMILES string of the molecule is CC1CN(C(=O)C(=O)NCC2CCCO2)CC(C)O1.